The third-order valence-corrected chi connectivity index (χ3v) is 3.38. The molecule has 1 nitrogen and oxygen atoms in total. The first-order chi connectivity index (χ1) is 6.72. The highest BCUT2D eigenvalue weighted by atomic mass is 32.1. The molecule has 0 aromatic carbocycles. The Morgan fingerprint density at radius 1 is 1.43 bits per heavy atom. The minimum Gasteiger partial charge on any atom is -0.396 e. The Balaban J connectivity index is 2.27. The highest BCUT2D eigenvalue weighted by molar-refractivity contribution is 7.09. The van der Waals surface area contributed by atoms with Crippen molar-refractivity contribution in [3.05, 3.63) is 22.4 Å². The predicted octanol–water partition coefficient (Wildman–Crippen LogP) is 3.34. The molecule has 0 saturated heterocycles. The van der Waals surface area contributed by atoms with Crippen molar-refractivity contribution in [3.8, 4) is 0 Å². The average molecular weight is 212 g/mol. The van der Waals surface area contributed by atoms with Crippen LogP contribution in [0.2, 0.25) is 0 Å². The van der Waals surface area contributed by atoms with E-state index in [1.54, 1.807) is 0 Å². The zero-order chi connectivity index (χ0) is 10.4. The van der Waals surface area contributed by atoms with E-state index in [0.717, 1.165) is 19.3 Å². The van der Waals surface area contributed by atoms with Crippen molar-refractivity contribution in [2.45, 2.75) is 33.1 Å². The van der Waals surface area contributed by atoms with Crippen LogP contribution in [0.1, 0.15) is 31.6 Å². The molecule has 1 aromatic heterocycles. The molecule has 1 rings (SSSR count). The van der Waals surface area contributed by atoms with E-state index in [2.05, 4.69) is 31.4 Å². The first kappa shape index (κ1) is 11.7. The number of aliphatic hydroxyl groups excluding tert-OH is 1. The molecule has 1 heterocycles. The molecule has 2 heteroatoms. The molecule has 0 aliphatic carbocycles. The van der Waals surface area contributed by atoms with E-state index in [4.69, 9.17) is 0 Å². The first-order valence-corrected chi connectivity index (χ1v) is 6.23. The van der Waals surface area contributed by atoms with Gasteiger partial charge in [-0.25, -0.2) is 0 Å². The zero-order valence-corrected chi connectivity index (χ0v) is 9.89. The van der Waals surface area contributed by atoms with Gasteiger partial charge in [0.2, 0.25) is 0 Å². The van der Waals surface area contributed by atoms with Crippen LogP contribution in [0.25, 0.3) is 0 Å². The lowest BCUT2D eigenvalue weighted by molar-refractivity contribution is 0.198. The highest BCUT2D eigenvalue weighted by Gasteiger charge is 2.09. The van der Waals surface area contributed by atoms with Crippen LogP contribution in [-0.2, 0) is 6.42 Å². The Kier molecular flexibility index (Phi) is 5.20. The number of hydrogen-bond acceptors (Lipinski definition) is 2. The van der Waals surface area contributed by atoms with Gasteiger partial charge in [0.05, 0.1) is 0 Å². The summed E-state index contributed by atoms with van der Waals surface area (Å²) in [6.45, 7) is 4.77. The normalized spacial score (nSPS) is 13.4. The van der Waals surface area contributed by atoms with E-state index in [0.29, 0.717) is 18.4 Å². The molecule has 0 fully saturated rings. The van der Waals surface area contributed by atoms with Gasteiger partial charge in [-0.1, -0.05) is 19.9 Å². The summed E-state index contributed by atoms with van der Waals surface area (Å²) >= 11 is 1.81. The molecular weight excluding hydrogens is 192 g/mol. The fourth-order valence-electron chi connectivity index (χ4n) is 1.75. The molecule has 1 aromatic rings. The number of hydrogen-bond donors (Lipinski definition) is 1. The molecule has 80 valence electrons. The van der Waals surface area contributed by atoms with Gasteiger partial charge in [-0.3, -0.25) is 0 Å². The van der Waals surface area contributed by atoms with Crippen molar-refractivity contribution < 1.29 is 5.11 Å². The molecule has 0 spiro atoms. The van der Waals surface area contributed by atoms with Crippen LogP contribution in [0, 0.1) is 11.8 Å². The fraction of sp³-hybridized carbons (Fsp3) is 0.667. The standard InChI is InChI=1S/C12H20OS/c1-10(2)8-11(9-13)5-6-12-4-3-7-14-12/h3-4,7,10-11,13H,5-6,8-9H2,1-2H3. The van der Waals surface area contributed by atoms with Crippen molar-refractivity contribution in [2.75, 3.05) is 6.61 Å². The van der Waals surface area contributed by atoms with E-state index in [1.807, 2.05) is 11.3 Å². The van der Waals surface area contributed by atoms with E-state index < -0.39 is 0 Å². The maximum atomic E-state index is 9.21. The number of aliphatic hydroxyl groups is 1. The van der Waals surface area contributed by atoms with Crippen molar-refractivity contribution in [1.82, 2.24) is 0 Å². The van der Waals surface area contributed by atoms with E-state index in [-0.39, 0.29) is 0 Å². The molecular formula is C12H20OS. The molecule has 0 radical (unpaired) electrons. The fourth-order valence-corrected chi connectivity index (χ4v) is 2.48. The summed E-state index contributed by atoms with van der Waals surface area (Å²) < 4.78 is 0. The Bertz CT molecular complexity index is 228. The molecule has 1 unspecified atom stereocenters. The Morgan fingerprint density at radius 3 is 2.71 bits per heavy atom. The summed E-state index contributed by atoms with van der Waals surface area (Å²) in [6.07, 6.45) is 3.38. The molecule has 0 aliphatic heterocycles. The van der Waals surface area contributed by atoms with Crippen LogP contribution in [-0.4, -0.2) is 11.7 Å². The second-order valence-electron chi connectivity index (χ2n) is 4.30. The largest absolute Gasteiger partial charge is 0.396 e. The van der Waals surface area contributed by atoms with Crippen LogP contribution >= 0.6 is 11.3 Å². The Hall–Kier alpha value is -0.340. The highest BCUT2D eigenvalue weighted by Crippen LogP contribution is 2.19. The van der Waals surface area contributed by atoms with Gasteiger partial charge < -0.3 is 5.11 Å². The second kappa shape index (κ2) is 6.20. The van der Waals surface area contributed by atoms with E-state index in [9.17, 15) is 5.11 Å². The van der Waals surface area contributed by atoms with Crippen molar-refractivity contribution in [1.29, 1.82) is 0 Å². The van der Waals surface area contributed by atoms with Crippen molar-refractivity contribution in [2.24, 2.45) is 11.8 Å². The molecule has 0 bridgehead atoms. The predicted molar refractivity (Wildman–Crippen MR) is 62.7 cm³/mol. The van der Waals surface area contributed by atoms with Gasteiger partial charge in [0.1, 0.15) is 0 Å². The maximum Gasteiger partial charge on any atom is 0.0459 e. The van der Waals surface area contributed by atoms with Gasteiger partial charge in [-0.15, -0.1) is 11.3 Å². The maximum absolute atomic E-state index is 9.21. The SMILES string of the molecule is CC(C)CC(CO)CCc1cccs1. The third-order valence-electron chi connectivity index (χ3n) is 2.44. The van der Waals surface area contributed by atoms with Crippen molar-refractivity contribution >= 4 is 11.3 Å². The quantitative estimate of drug-likeness (QED) is 0.767. The number of aryl methyl sites for hydroxylation is 1. The lowest BCUT2D eigenvalue weighted by Crippen LogP contribution is -2.10. The molecule has 1 N–H and O–H groups in total. The average Bonchev–Trinajstić information content (AvgIpc) is 2.64. The summed E-state index contributed by atoms with van der Waals surface area (Å²) in [5.41, 5.74) is 0. The summed E-state index contributed by atoms with van der Waals surface area (Å²) in [5.74, 6) is 1.17. The van der Waals surface area contributed by atoms with Crippen LogP contribution in [0.15, 0.2) is 17.5 Å². The van der Waals surface area contributed by atoms with Gasteiger partial charge in [0.15, 0.2) is 0 Å². The van der Waals surface area contributed by atoms with Crippen molar-refractivity contribution in [3.63, 3.8) is 0 Å². The Labute approximate surface area is 90.8 Å². The second-order valence-corrected chi connectivity index (χ2v) is 5.33. The smallest absolute Gasteiger partial charge is 0.0459 e. The molecule has 0 saturated carbocycles. The van der Waals surface area contributed by atoms with Crippen LogP contribution in [0.3, 0.4) is 0 Å². The van der Waals surface area contributed by atoms with E-state index in [1.165, 1.54) is 4.88 Å². The topological polar surface area (TPSA) is 20.2 Å². The molecule has 14 heavy (non-hydrogen) atoms. The minimum absolute atomic E-state index is 0.337. The zero-order valence-electron chi connectivity index (χ0n) is 9.07. The minimum atomic E-state index is 0.337. The van der Waals surface area contributed by atoms with Gasteiger partial charge in [-0.2, -0.15) is 0 Å². The van der Waals surface area contributed by atoms with Crippen LogP contribution in [0.5, 0.6) is 0 Å². The molecule has 0 amide bonds. The first-order valence-electron chi connectivity index (χ1n) is 5.35. The molecule has 1 atom stereocenters. The van der Waals surface area contributed by atoms with Gasteiger partial charge >= 0.3 is 0 Å². The summed E-state index contributed by atoms with van der Waals surface area (Å²) in [6, 6.07) is 4.27. The summed E-state index contributed by atoms with van der Waals surface area (Å²) in [4.78, 5) is 1.44. The summed E-state index contributed by atoms with van der Waals surface area (Å²) in [7, 11) is 0. The third kappa shape index (κ3) is 4.25. The lowest BCUT2D eigenvalue weighted by Gasteiger charge is -2.15. The molecule has 0 aliphatic rings. The monoisotopic (exact) mass is 212 g/mol. The van der Waals surface area contributed by atoms with Gasteiger partial charge in [0.25, 0.3) is 0 Å². The van der Waals surface area contributed by atoms with Gasteiger partial charge in [-0.05, 0) is 42.5 Å². The van der Waals surface area contributed by atoms with E-state index >= 15 is 0 Å². The lowest BCUT2D eigenvalue weighted by atomic mass is 9.93. The number of thiophene rings is 1. The Morgan fingerprint density at radius 2 is 2.21 bits per heavy atom. The van der Waals surface area contributed by atoms with Gasteiger partial charge in [0, 0.05) is 11.5 Å². The number of rotatable bonds is 6. The summed E-state index contributed by atoms with van der Waals surface area (Å²) in [5, 5.41) is 11.3. The van der Waals surface area contributed by atoms with Crippen LogP contribution < -0.4 is 0 Å². The van der Waals surface area contributed by atoms with Crippen LogP contribution in [0.4, 0.5) is 0 Å².